The van der Waals surface area contributed by atoms with E-state index in [4.69, 9.17) is 4.74 Å². The fourth-order valence-corrected chi connectivity index (χ4v) is 0.929. The molecule has 0 aliphatic carbocycles. The average Bonchev–Trinajstić information content (AvgIpc) is 2.14. The third-order valence-electron chi connectivity index (χ3n) is 1.54. The highest BCUT2D eigenvalue weighted by Crippen LogP contribution is 2.02. The van der Waals surface area contributed by atoms with Crippen LogP contribution in [0.5, 0.6) is 0 Å². The Balaban J connectivity index is -0.0000000724. The van der Waals surface area contributed by atoms with Crippen molar-refractivity contribution in [1.82, 2.24) is 0 Å². The summed E-state index contributed by atoms with van der Waals surface area (Å²) in [5, 5.41) is 0. The summed E-state index contributed by atoms with van der Waals surface area (Å²) in [6.45, 7) is 8.75. The molecule has 0 aromatic carbocycles. The van der Waals surface area contributed by atoms with Crippen LogP contribution >= 0.6 is 0 Å². The van der Waals surface area contributed by atoms with Gasteiger partial charge in [0.05, 0.1) is 6.61 Å². The zero-order valence-electron chi connectivity index (χ0n) is 10.3. The predicted octanol–water partition coefficient (Wildman–Crippen LogP) is 5.84. The van der Waals surface area contributed by atoms with Crippen LogP contribution in [0.25, 0.3) is 0 Å². The molecule has 0 N–H and O–H groups in total. The van der Waals surface area contributed by atoms with E-state index < -0.39 is 0 Å². The van der Waals surface area contributed by atoms with Crippen molar-refractivity contribution in [3.8, 4) is 0 Å². The second kappa shape index (κ2) is 29.5. The van der Waals surface area contributed by atoms with Crippen LogP contribution in [0.2, 0.25) is 0 Å². The summed E-state index contributed by atoms with van der Waals surface area (Å²) in [5.74, 6) is -0.0522. The van der Waals surface area contributed by atoms with Gasteiger partial charge in [0, 0.05) is 6.42 Å². The molecule has 0 aromatic rings. The van der Waals surface area contributed by atoms with Gasteiger partial charge in [-0.3, -0.25) is 4.79 Å². The minimum Gasteiger partial charge on any atom is -0.466 e. The Hall–Kier alpha value is -0.530. The maximum Gasteiger partial charge on any atom is 0.305 e. The maximum atomic E-state index is 10.8. The molecule has 17 heavy (non-hydrogen) atoms. The average molecular weight is 250 g/mol. The Kier molecular flexibility index (Phi) is 52.1. The lowest BCUT2D eigenvalue weighted by molar-refractivity contribution is -0.143. The summed E-state index contributed by atoms with van der Waals surface area (Å²) in [5.41, 5.74) is 0. The first kappa shape index (κ1) is 30.0. The van der Waals surface area contributed by atoms with Crippen molar-refractivity contribution >= 4 is 5.97 Å². The molecule has 0 aromatic heterocycles. The van der Waals surface area contributed by atoms with Crippen LogP contribution in [-0.4, -0.2) is 12.6 Å². The van der Waals surface area contributed by atoms with Crippen molar-refractivity contribution in [1.29, 1.82) is 0 Å². The third kappa shape index (κ3) is 39.1. The molecule has 0 fully saturated rings. The van der Waals surface area contributed by atoms with E-state index in [1.807, 2.05) is 6.92 Å². The molecule has 0 atom stereocenters. The quantitative estimate of drug-likeness (QED) is 0.437. The van der Waals surface area contributed by atoms with Crippen LogP contribution in [0.1, 0.15) is 88.5 Å². The van der Waals surface area contributed by atoms with E-state index in [-0.39, 0.29) is 28.2 Å². The van der Waals surface area contributed by atoms with Crippen molar-refractivity contribution < 1.29 is 9.53 Å². The lowest BCUT2D eigenvalue weighted by atomic mass is 10.2. The van der Waals surface area contributed by atoms with Crippen molar-refractivity contribution in [3.05, 3.63) is 0 Å². The van der Waals surface area contributed by atoms with Gasteiger partial charge >= 0.3 is 5.97 Å². The molecule has 2 nitrogen and oxygen atoms in total. The van der Waals surface area contributed by atoms with Crippen LogP contribution in [0.3, 0.4) is 0 Å². The number of carbonyl (C=O) groups excluding carboxylic acids is 1. The SMILES string of the molecule is C.C.C.CCC.CCCCCCC(=O)OCC. The predicted molar refractivity (Wildman–Crippen MR) is 81.6 cm³/mol. The van der Waals surface area contributed by atoms with Gasteiger partial charge in [0.1, 0.15) is 0 Å². The Morgan fingerprint density at radius 3 is 1.71 bits per heavy atom. The fourth-order valence-electron chi connectivity index (χ4n) is 0.929. The van der Waals surface area contributed by atoms with Crippen LogP contribution in [0, 0.1) is 0 Å². The lowest BCUT2D eigenvalue weighted by Gasteiger charge is -2.00. The molecule has 0 bridgehead atoms. The van der Waals surface area contributed by atoms with Crippen LogP contribution in [-0.2, 0) is 9.53 Å². The van der Waals surface area contributed by atoms with Gasteiger partial charge in [0.2, 0.25) is 0 Å². The Labute approximate surface area is 111 Å². The maximum absolute atomic E-state index is 10.8. The molecule has 0 rings (SSSR count). The molecule has 2 heteroatoms. The number of esters is 1. The van der Waals surface area contributed by atoms with Crippen molar-refractivity contribution in [3.63, 3.8) is 0 Å². The van der Waals surface area contributed by atoms with Gasteiger partial charge in [-0.15, -0.1) is 0 Å². The summed E-state index contributed by atoms with van der Waals surface area (Å²) in [7, 11) is 0. The van der Waals surface area contributed by atoms with Gasteiger partial charge in [-0.2, -0.15) is 0 Å². The van der Waals surface area contributed by atoms with Gasteiger partial charge in [-0.1, -0.05) is 68.7 Å². The Morgan fingerprint density at radius 2 is 1.35 bits per heavy atom. The van der Waals surface area contributed by atoms with Crippen molar-refractivity contribution in [2.45, 2.75) is 88.5 Å². The highest BCUT2D eigenvalue weighted by atomic mass is 16.5. The fraction of sp³-hybridized carbons (Fsp3) is 0.933. The van der Waals surface area contributed by atoms with E-state index in [9.17, 15) is 4.79 Å². The smallest absolute Gasteiger partial charge is 0.305 e. The number of hydrogen-bond acceptors (Lipinski definition) is 2. The van der Waals surface area contributed by atoms with Crippen LogP contribution in [0.4, 0.5) is 0 Å². The Morgan fingerprint density at radius 1 is 0.882 bits per heavy atom. The van der Waals surface area contributed by atoms with E-state index in [1.54, 1.807) is 0 Å². The Bertz CT molecular complexity index is 111. The monoisotopic (exact) mass is 250 g/mol. The van der Waals surface area contributed by atoms with Gasteiger partial charge in [0.25, 0.3) is 0 Å². The molecular weight excluding hydrogens is 212 g/mol. The molecule has 0 saturated carbocycles. The molecule has 0 unspecified atom stereocenters. The first-order valence-electron chi connectivity index (χ1n) is 5.88. The summed E-state index contributed by atoms with van der Waals surface area (Å²) in [6, 6.07) is 0. The van der Waals surface area contributed by atoms with Gasteiger partial charge in [-0.05, 0) is 13.3 Å². The van der Waals surface area contributed by atoms with E-state index in [0.717, 1.165) is 12.8 Å². The highest BCUT2D eigenvalue weighted by molar-refractivity contribution is 5.69. The van der Waals surface area contributed by atoms with Gasteiger partial charge in [0.15, 0.2) is 0 Å². The number of ether oxygens (including phenoxy) is 1. The molecule has 0 spiro atoms. The second-order valence-corrected chi connectivity index (χ2v) is 3.32. The molecule has 0 saturated heterocycles. The molecule has 0 heterocycles. The molecule has 0 aliphatic heterocycles. The zero-order valence-corrected chi connectivity index (χ0v) is 10.3. The second-order valence-electron chi connectivity index (χ2n) is 3.32. The van der Waals surface area contributed by atoms with Crippen molar-refractivity contribution in [2.24, 2.45) is 0 Å². The first-order valence-corrected chi connectivity index (χ1v) is 5.88. The van der Waals surface area contributed by atoms with E-state index in [0.29, 0.717) is 13.0 Å². The minimum atomic E-state index is -0.0522. The number of unbranched alkanes of at least 4 members (excludes halogenated alkanes) is 3. The van der Waals surface area contributed by atoms with Gasteiger partial charge < -0.3 is 4.74 Å². The molecule has 110 valence electrons. The van der Waals surface area contributed by atoms with Gasteiger partial charge in [-0.25, -0.2) is 0 Å². The van der Waals surface area contributed by atoms with Crippen molar-refractivity contribution in [2.75, 3.05) is 6.61 Å². The van der Waals surface area contributed by atoms with E-state index >= 15 is 0 Å². The number of hydrogen-bond donors (Lipinski definition) is 0. The normalized spacial score (nSPS) is 7.29. The molecule has 0 radical (unpaired) electrons. The minimum absolute atomic E-state index is 0. The van der Waals surface area contributed by atoms with E-state index in [1.165, 1.54) is 19.3 Å². The molecular formula is C15H38O2. The lowest BCUT2D eigenvalue weighted by Crippen LogP contribution is -2.02. The van der Waals surface area contributed by atoms with Crippen LogP contribution in [0.15, 0.2) is 0 Å². The summed E-state index contributed by atoms with van der Waals surface area (Å²) in [6.07, 6.45) is 6.40. The largest absolute Gasteiger partial charge is 0.466 e. The number of carbonyl (C=O) groups is 1. The summed E-state index contributed by atoms with van der Waals surface area (Å²) < 4.78 is 4.78. The molecule has 0 aliphatic rings. The highest BCUT2D eigenvalue weighted by Gasteiger charge is 1.99. The topological polar surface area (TPSA) is 26.3 Å². The summed E-state index contributed by atoms with van der Waals surface area (Å²) in [4.78, 5) is 10.8. The van der Waals surface area contributed by atoms with E-state index in [2.05, 4.69) is 20.8 Å². The zero-order chi connectivity index (χ0) is 11.2. The first-order chi connectivity index (χ1) is 6.72. The summed E-state index contributed by atoms with van der Waals surface area (Å²) >= 11 is 0. The number of rotatable bonds is 6. The standard InChI is InChI=1S/C9H18O2.C3H8.3CH4/c1-3-5-6-7-8-9(10)11-4-2;1-3-2;;;/h3-8H2,1-2H3;3H2,1-2H3;3*1H4. The van der Waals surface area contributed by atoms with Crippen LogP contribution < -0.4 is 0 Å². The third-order valence-corrected chi connectivity index (χ3v) is 1.54. The molecule has 0 amide bonds.